The zero-order valence-electron chi connectivity index (χ0n) is 12.7. The van der Waals surface area contributed by atoms with Crippen LogP contribution in [-0.4, -0.2) is 61.6 Å². The Kier molecular flexibility index (Phi) is 4.01. The van der Waals surface area contributed by atoms with Crippen molar-refractivity contribution in [2.75, 3.05) is 39.0 Å². The minimum absolute atomic E-state index is 0.0531. The monoisotopic (exact) mass is 289 g/mol. The second kappa shape index (κ2) is 5.93. The van der Waals surface area contributed by atoms with Crippen molar-refractivity contribution < 1.29 is 9.53 Å². The average molecular weight is 289 g/mol. The average Bonchev–Trinajstić information content (AvgIpc) is 2.91. The van der Waals surface area contributed by atoms with Gasteiger partial charge in [0.05, 0.1) is 12.2 Å². The number of rotatable bonds is 3. The third kappa shape index (κ3) is 2.97. The molecule has 2 aliphatic heterocycles. The van der Waals surface area contributed by atoms with E-state index in [2.05, 4.69) is 17.3 Å². The molecule has 0 saturated carbocycles. The first-order valence-corrected chi connectivity index (χ1v) is 7.60. The van der Waals surface area contributed by atoms with E-state index in [1.54, 1.807) is 0 Å². The molecule has 2 heterocycles. The van der Waals surface area contributed by atoms with Crippen LogP contribution < -0.4 is 10.1 Å². The SMILES string of the molecule is CN(CC1CCCN1C)C(=O)C1CNc2ccccc2O1. The highest BCUT2D eigenvalue weighted by molar-refractivity contribution is 5.83. The van der Waals surface area contributed by atoms with Crippen molar-refractivity contribution in [2.45, 2.75) is 25.0 Å². The predicted molar refractivity (Wildman–Crippen MR) is 82.6 cm³/mol. The van der Waals surface area contributed by atoms with Crippen molar-refractivity contribution in [3.63, 3.8) is 0 Å². The van der Waals surface area contributed by atoms with E-state index in [0.717, 1.165) is 24.5 Å². The highest BCUT2D eigenvalue weighted by Gasteiger charge is 2.30. The van der Waals surface area contributed by atoms with Crippen LogP contribution in [0.5, 0.6) is 5.75 Å². The van der Waals surface area contributed by atoms with E-state index in [0.29, 0.717) is 12.6 Å². The maximum absolute atomic E-state index is 12.5. The topological polar surface area (TPSA) is 44.8 Å². The summed E-state index contributed by atoms with van der Waals surface area (Å²) in [5, 5.41) is 3.27. The molecule has 2 unspecified atom stereocenters. The minimum atomic E-state index is -0.434. The fraction of sp³-hybridized carbons (Fsp3) is 0.562. The summed E-state index contributed by atoms with van der Waals surface area (Å²) in [6.45, 7) is 2.43. The van der Waals surface area contributed by atoms with Crippen LogP contribution in [0.15, 0.2) is 24.3 Å². The van der Waals surface area contributed by atoms with Gasteiger partial charge in [0, 0.05) is 19.6 Å². The van der Waals surface area contributed by atoms with Gasteiger partial charge in [-0.2, -0.15) is 0 Å². The third-order valence-electron chi connectivity index (χ3n) is 4.44. The van der Waals surface area contributed by atoms with Crippen LogP contribution >= 0.6 is 0 Å². The summed E-state index contributed by atoms with van der Waals surface area (Å²) in [6.07, 6.45) is 1.95. The van der Waals surface area contributed by atoms with Crippen LogP contribution in [0, 0.1) is 0 Å². The molecule has 1 saturated heterocycles. The first-order valence-electron chi connectivity index (χ1n) is 7.60. The molecule has 1 N–H and O–H groups in total. The van der Waals surface area contributed by atoms with Crippen LogP contribution in [0.25, 0.3) is 0 Å². The standard InChI is InChI=1S/C16H23N3O2/c1-18-9-5-6-12(18)11-19(2)16(20)15-10-17-13-7-3-4-8-14(13)21-15/h3-4,7-8,12,15,17H,5-6,9-11H2,1-2H3. The van der Waals surface area contributed by atoms with Gasteiger partial charge in [0.2, 0.25) is 0 Å². The van der Waals surface area contributed by atoms with Gasteiger partial charge in [-0.1, -0.05) is 12.1 Å². The van der Waals surface area contributed by atoms with Gasteiger partial charge in [-0.25, -0.2) is 0 Å². The summed E-state index contributed by atoms with van der Waals surface area (Å²) in [5.41, 5.74) is 0.958. The molecule has 114 valence electrons. The number of anilines is 1. The number of nitrogens with one attached hydrogen (secondary N) is 1. The van der Waals surface area contributed by atoms with Gasteiger partial charge in [-0.3, -0.25) is 4.79 Å². The van der Waals surface area contributed by atoms with Gasteiger partial charge in [-0.05, 0) is 38.6 Å². The molecule has 1 aromatic carbocycles. The number of ether oxygens (including phenoxy) is 1. The summed E-state index contributed by atoms with van der Waals surface area (Å²) in [4.78, 5) is 16.7. The number of hydrogen-bond donors (Lipinski definition) is 1. The molecule has 1 amide bonds. The fourth-order valence-corrected chi connectivity index (χ4v) is 3.11. The van der Waals surface area contributed by atoms with E-state index in [-0.39, 0.29) is 5.91 Å². The Hall–Kier alpha value is -1.75. The molecule has 0 bridgehead atoms. The zero-order chi connectivity index (χ0) is 14.8. The first-order chi connectivity index (χ1) is 10.1. The summed E-state index contributed by atoms with van der Waals surface area (Å²) >= 11 is 0. The van der Waals surface area contributed by atoms with Crippen molar-refractivity contribution in [3.8, 4) is 5.75 Å². The van der Waals surface area contributed by atoms with Crippen LogP contribution in [-0.2, 0) is 4.79 Å². The summed E-state index contributed by atoms with van der Waals surface area (Å²) in [7, 11) is 4.00. The van der Waals surface area contributed by atoms with Crippen LogP contribution in [0.3, 0.4) is 0 Å². The minimum Gasteiger partial charge on any atom is -0.477 e. The van der Waals surface area contributed by atoms with E-state index in [4.69, 9.17) is 4.74 Å². The van der Waals surface area contributed by atoms with E-state index < -0.39 is 6.10 Å². The Morgan fingerprint density at radius 3 is 3.05 bits per heavy atom. The Morgan fingerprint density at radius 1 is 1.48 bits per heavy atom. The highest BCUT2D eigenvalue weighted by Crippen LogP contribution is 2.28. The van der Waals surface area contributed by atoms with Crippen LogP contribution in [0.1, 0.15) is 12.8 Å². The molecular weight excluding hydrogens is 266 g/mol. The van der Waals surface area contributed by atoms with Gasteiger partial charge in [0.1, 0.15) is 5.75 Å². The van der Waals surface area contributed by atoms with Crippen LogP contribution in [0.4, 0.5) is 5.69 Å². The Bertz CT molecular complexity index is 520. The second-order valence-corrected chi connectivity index (χ2v) is 5.98. The number of likely N-dealkylation sites (N-methyl/N-ethyl adjacent to an activating group) is 2. The number of likely N-dealkylation sites (tertiary alicyclic amines) is 1. The van der Waals surface area contributed by atoms with Crippen molar-refractivity contribution in [3.05, 3.63) is 24.3 Å². The zero-order valence-corrected chi connectivity index (χ0v) is 12.7. The number of hydrogen-bond acceptors (Lipinski definition) is 4. The van der Waals surface area contributed by atoms with E-state index in [1.165, 1.54) is 12.8 Å². The van der Waals surface area contributed by atoms with Gasteiger partial charge >= 0.3 is 0 Å². The van der Waals surface area contributed by atoms with E-state index in [9.17, 15) is 4.79 Å². The smallest absolute Gasteiger partial charge is 0.265 e. The van der Waals surface area contributed by atoms with Gasteiger partial charge < -0.3 is 19.9 Å². The summed E-state index contributed by atoms with van der Waals surface area (Å²) < 4.78 is 5.84. The molecule has 0 aromatic heterocycles. The molecule has 0 radical (unpaired) electrons. The quantitative estimate of drug-likeness (QED) is 0.914. The number of fused-ring (bicyclic) bond motifs is 1. The fourth-order valence-electron chi connectivity index (χ4n) is 3.11. The number of amides is 1. The molecule has 1 aromatic rings. The van der Waals surface area contributed by atoms with Gasteiger partial charge in [0.25, 0.3) is 5.91 Å². The molecule has 21 heavy (non-hydrogen) atoms. The lowest BCUT2D eigenvalue weighted by Crippen LogP contribution is -2.48. The normalized spacial score (nSPS) is 24.9. The molecule has 5 nitrogen and oxygen atoms in total. The highest BCUT2D eigenvalue weighted by atomic mass is 16.5. The van der Waals surface area contributed by atoms with Crippen molar-refractivity contribution in [1.29, 1.82) is 0 Å². The van der Waals surface area contributed by atoms with E-state index in [1.807, 2.05) is 36.2 Å². The molecular formula is C16H23N3O2. The molecule has 5 heteroatoms. The summed E-state index contributed by atoms with van der Waals surface area (Å²) in [6, 6.07) is 8.21. The second-order valence-electron chi connectivity index (χ2n) is 5.98. The van der Waals surface area contributed by atoms with Crippen molar-refractivity contribution >= 4 is 11.6 Å². The molecule has 2 aliphatic rings. The number of nitrogens with zero attached hydrogens (tertiary/aromatic N) is 2. The maximum atomic E-state index is 12.5. The summed E-state index contributed by atoms with van der Waals surface area (Å²) in [5.74, 6) is 0.811. The number of carbonyl (C=O) groups excluding carboxylic acids is 1. The number of para-hydroxylation sites is 2. The number of benzene rings is 1. The third-order valence-corrected chi connectivity index (χ3v) is 4.44. The molecule has 3 rings (SSSR count). The lowest BCUT2D eigenvalue weighted by atomic mass is 10.2. The molecule has 1 fully saturated rings. The maximum Gasteiger partial charge on any atom is 0.265 e. The molecule has 2 atom stereocenters. The first kappa shape index (κ1) is 14.2. The van der Waals surface area contributed by atoms with Crippen LogP contribution in [0.2, 0.25) is 0 Å². The van der Waals surface area contributed by atoms with Crippen molar-refractivity contribution in [1.82, 2.24) is 9.80 Å². The largest absolute Gasteiger partial charge is 0.477 e. The number of carbonyl (C=O) groups is 1. The molecule has 0 spiro atoms. The van der Waals surface area contributed by atoms with E-state index >= 15 is 0 Å². The van der Waals surface area contributed by atoms with Crippen molar-refractivity contribution in [2.24, 2.45) is 0 Å². The lowest BCUT2D eigenvalue weighted by Gasteiger charge is -2.31. The Balaban J connectivity index is 1.60. The van der Waals surface area contributed by atoms with Gasteiger partial charge in [-0.15, -0.1) is 0 Å². The Labute approximate surface area is 125 Å². The molecule has 0 aliphatic carbocycles. The lowest BCUT2D eigenvalue weighted by molar-refractivity contribution is -0.137. The van der Waals surface area contributed by atoms with Gasteiger partial charge in [0.15, 0.2) is 6.10 Å². The Morgan fingerprint density at radius 2 is 2.29 bits per heavy atom. The predicted octanol–water partition coefficient (Wildman–Crippen LogP) is 1.41.